The Bertz CT molecular complexity index is 514. The van der Waals surface area contributed by atoms with Gasteiger partial charge in [-0.15, -0.1) is 0 Å². The molecule has 0 saturated carbocycles. The highest BCUT2D eigenvalue weighted by Crippen LogP contribution is 2.20. The molecule has 0 bridgehead atoms. The van der Waals surface area contributed by atoms with E-state index in [0.717, 1.165) is 49.6 Å². The fourth-order valence-electron chi connectivity index (χ4n) is 2.59. The molecule has 1 fully saturated rings. The van der Waals surface area contributed by atoms with Crippen molar-refractivity contribution in [2.75, 3.05) is 52.6 Å². The Labute approximate surface area is 138 Å². The van der Waals surface area contributed by atoms with Crippen LogP contribution in [0.2, 0.25) is 0 Å². The maximum absolute atomic E-state index is 11.9. The molecular weight excluding hydrogens is 294 g/mol. The molecule has 0 atom stereocenters. The number of aryl methyl sites for hydroxylation is 1. The van der Waals surface area contributed by atoms with Crippen molar-refractivity contribution in [3.05, 3.63) is 29.3 Å². The Kier molecular flexibility index (Phi) is 6.83. The zero-order valence-corrected chi connectivity index (χ0v) is 14.0. The van der Waals surface area contributed by atoms with Gasteiger partial charge in [-0.2, -0.15) is 0 Å². The van der Waals surface area contributed by atoms with Crippen molar-refractivity contribution >= 4 is 5.91 Å². The standard InChI is InChI=1S/C17H27N3O3/c1-14-4-3-5-16(15(14)2)23-12-17(22)18-13-20-8-6-19(7-9-20)10-11-21/h3-5,21H,6-13H2,1-2H3,(H,18,22). The van der Waals surface area contributed by atoms with Gasteiger partial charge in [0.1, 0.15) is 5.75 Å². The second-order valence-electron chi connectivity index (χ2n) is 5.93. The average Bonchev–Trinajstić information content (AvgIpc) is 2.56. The van der Waals surface area contributed by atoms with Crippen LogP contribution in [0.25, 0.3) is 0 Å². The number of amides is 1. The van der Waals surface area contributed by atoms with Gasteiger partial charge in [0.05, 0.1) is 13.3 Å². The number of nitrogens with one attached hydrogen (secondary N) is 1. The van der Waals surface area contributed by atoms with E-state index in [1.807, 2.05) is 32.0 Å². The summed E-state index contributed by atoms with van der Waals surface area (Å²) in [6.45, 7) is 9.18. The van der Waals surface area contributed by atoms with Gasteiger partial charge in [0.2, 0.25) is 0 Å². The van der Waals surface area contributed by atoms with Gasteiger partial charge >= 0.3 is 0 Å². The van der Waals surface area contributed by atoms with Crippen LogP contribution in [0, 0.1) is 13.8 Å². The van der Waals surface area contributed by atoms with Crippen molar-refractivity contribution in [3.8, 4) is 5.75 Å². The molecular formula is C17H27N3O3. The zero-order valence-electron chi connectivity index (χ0n) is 14.0. The van der Waals surface area contributed by atoms with Crippen LogP contribution in [0.5, 0.6) is 5.75 Å². The minimum atomic E-state index is -0.108. The number of aliphatic hydroxyl groups is 1. The Hall–Kier alpha value is -1.63. The molecule has 0 spiro atoms. The quantitative estimate of drug-likeness (QED) is 0.759. The normalized spacial score (nSPS) is 16.3. The lowest BCUT2D eigenvalue weighted by Crippen LogP contribution is -2.50. The number of hydrogen-bond acceptors (Lipinski definition) is 5. The molecule has 0 radical (unpaired) electrons. The molecule has 0 aromatic heterocycles. The summed E-state index contributed by atoms with van der Waals surface area (Å²) in [4.78, 5) is 16.3. The SMILES string of the molecule is Cc1cccc(OCC(=O)NCN2CCN(CCO)CC2)c1C. The number of hydrogen-bond donors (Lipinski definition) is 2. The number of carbonyl (C=O) groups excluding carboxylic acids is 1. The van der Waals surface area contributed by atoms with Crippen LogP contribution in [-0.4, -0.2) is 73.4 Å². The molecule has 1 aromatic carbocycles. The molecule has 1 aliphatic heterocycles. The molecule has 1 amide bonds. The monoisotopic (exact) mass is 321 g/mol. The summed E-state index contributed by atoms with van der Waals surface area (Å²) >= 11 is 0. The summed E-state index contributed by atoms with van der Waals surface area (Å²) in [5, 5.41) is 11.8. The van der Waals surface area contributed by atoms with E-state index in [4.69, 9.17) is 9.84 Å². The Balaban J connectivity index is 1.67. The van der Waals surface area contributed by atoms with Gasteiger partial charge in [0.25, 0.3) is 5.91 Å². The second kappa shape index (κ2) is 8.86. The summed E-state index contributed by atoms with van der Waals surface area (Å²) in [7, 11) is 0. The molecule has 1 heterocycles. The minimum absolute atomic E-state index is 0.0365. The van der Waals surface area contributed by atoms with E-state index in [-0.39, 0.29) is 19.1 Å². The minimum Gasteiger partial charge on any atom is -0.483 e. The smallest absolute Gasteiger partial charge is 0.258 e. The van der Waals surface area contributed by atoms with Crippen LogP contribution in [0.3, 0.4) is 0 Å². The van der Waals surface area contributed by atoms with Crippen LogP contribution in [0.15, 0.2) is 18.2 Å². The first-order valence-electron chi connectivity index (χ1n) is 8.11. The zero-order chi connectivity index (χ0) is 16.7. The van der Waals surface area contributed by atoms with E-state index in [0.29, 0.717) is 6.67 Å². The van der Waals surface area contributed by atoms with Crippen molar-refractivity contribution in [1.29, 1.82) is 0 Å². The lowest BCUT2D eigenvalue weighted by molar-refractivity contribution is -0.123. The molecule has 1 aliphatic rings. The molecule has 23 heavy (non-hydrogen) atoms. The van der Waals surface area contributed by atoms with E-state index in [9.17, 15) is 4.79 Å². The van der Waals surface area contributed by atoms with E-state index in [2.05, 4.69) is 15.1 Å². The van der Waals surface area contributed by atoms with Gasteiger partial charge in [-0.1, -0.05) is 12.1 Å². The highest BCUT2D eigenvalue weighted by Gasteiger charge is 2.16. The van der Waals surface area contributed by atoms with Gasteiger partial charge in [-0.3, -0.25) is 14.6 Å². The number of ether oxygens (including phenoxy) is 1. The van der Waals surface area contributed by atoms with Crippen LogP contribution in [0.4, 0.5) is 0 Å². The maximum Gasteiger partial charge on any atom is 0.258 e. The van der Waals surface area contributed by atoms with E-state index in [1.54, 1.807) is 0 Å². The van der Waals surface area contributed by atoms with E-state index < -0.39 is 0 Å². The molecule has 0 aliphatic carbocycles. The van der Waals surface area contributed by atoms with Gasteiger partial charge < -0.3 is 15.2 Å². The molecule has 1 aromatic rings. The number of benzene rings is 1. The number of aliphatic hydroxyl groups excluding tert-OH is 1. The second-order valence-corrected chi connectivity index (χ2v) is 5.93. The van der Waals surface area contributed by atoms with E-state index in [1.165, 1.54) is 0 Å². The number of carbonyl (C=O) groups is 1. The fourth-order valence-corrected chi connectivity index (χ4v) is 2.59. The number of β-amino-alcohol motifs (C(OH)–C–C–N with tert-alkyl or cyclic N) is 1. The third-order valence-electron chi connectivity index (χ3n) is 4.29. The Morgan fingerprint density at radius 3 is 2.61 bits per heavy atom. The number of rotatable bonds is 7. The first-order valence-corrected chi connectivity index (χ1v) is 8.11. The highest BCUT2D eigenvalue weighted by atomic mass is 16.5. The molecule has 6 nitrogen and oxygen atoms in total. The molecule has 128 valence electrons. The molecule has 6 heteroatoms. The average molecular weight is 321 g/mol. The molecule has 1 saturated heterocycles. The van der Waals surface area contributed by atoms with Crippen LogP contribution in [0.1, 0.15) is 11.1 Å². The molecule has 2 N–H and O–H groups in total. The predicted molar refractivity (Wildman–Crippen MR) is 89.5 cm³/mol. The highest BCUT2D eigenvalue weighted by molar-refractivity contribution is 5.77. The van der Waals surface area contributed by atoms with Crippen LogP contribution >= 0.6 is 0 Å². The van der Waals surface area contributed by atoms with Crippen LogP contribution in [-0.2, 0) is 4.79 Å². The number of piperazine rings is 1. The van der Waals surface area contributed by atoms with Gasteiger partial charge in [0.15, 0.2) is 6.61 Å². The lowest BCUT2D eigenvalue weighted by Gasteiger charge is -2.34. The van der Waals surface area contributed by atoms with E-state index >= 15 is 0 Å². The fraction of sp³-hybridized carbons (Fsp3) is 0.588. The predicted octanol–water partition coefficient (Wildman–Crippen LogP) is 0.366. The first-order chi connectivity index (χ1) is 11.1. The topological polar surface area (TPSA) is 65.0 Å². The van der Waals surface area contributed by atoms with Crippen molar-refractivity contribution in [2.45, 2.75) is 13.8 Å². The van der Waals surface area contributed by atoms with Gasteiger partial charge in [0, 0.05) is 32.7 Å². The van der Waals surface area contributed by atoms with Crippen molar-refractivity contribution in [2.24, 2.45) is 0 Å². The summed E-state index contributed by atoms with van der Waals surface area (Å²) in [6.07, 6.45) is 0. The largest absolute Gasteiger partial charge is 0.483 e. The Morgan fingerprint density at radius 2 is 1.91 bits per heavy atom. The molecule has 0 unspecified atom stereocenters. The first kappa shape index (κ1) is 17.7. The summed E-state index contributed by atoms with van der Waals surface area (Å²) in [6, 6.07) is 5.84. The Morgan fingerprint density at radius 1 is 1.22 bits per heavy atom. The summed E-state index contributed by atoms with van der Waals surface area (Å²) < 4.78 is 5.60. The van der Waals surface area contributed by atoms with Gasteiger partial charge in [-0.05, 0) is 31.0 Å². The lowest BCUT2D eigenvalue weighted by atomic mass is 10.1. The molecule has 2 rings (SSSR count). The van der Waals surface area contributed by atoms with Crippen molar-refractivity contribution in [3.63, 3.8) is 0 Å². The van der Waals surface area contributed by atoms with Gasteiger partial charge in [-0.25, -0.2) is 0 Å². The van der Waals surface area contributed by atoms with Crippen molar-refractivity contribution < 1.29 is 14.6 Å². The van der Waals surface area contributed by atoms with Crippen molar-refractivity contribution in [1.82, 2.24) is 15.1 Å². The summed E-state index contributed by atoms with van der Waals surface area (Å²) in [5.41, 5.74) is 2.23. The third kappa shape index (κ3) is 5.49. The maximum atomic E-state index is 11.9. The number of nitrogens with zero attached hydrogens (tertiary/aromatic N) is 2. The summed E-state index contributed by atoms with van der Waals surface area (Å²) in [5.74, 6) is 0.654. The van der Waals surface area contributed by atoms with Crippen LogP contribution < -0.4 is 10.1 Å². The third-order valence-corrected chi connectivity index (χ3v) is 4.29.